The van der Waals surface area contributed by atoms with Crippen molar-refractivity contribution in [3.05, 3.63) is 0 Å². The summed E-state index contributed by atoms with van der Waals surface area (Å²) < 4.78 is 32.2. The molecule has 19 heavy (non-hydrogen) atoms. The van der Waals surface area contributed by atoms with Crippen molar-refractivity contribution >= 4 is 16.1 Å². The first-order chi connectivity index (χ1) is 8.48. The van der Waals surface area contributed by atoms with Crippen molar-refractivity contribution in [2.45, 2.75) is 57.8 Å². The Morgan fingerprint density at radius 3 is 2.37 bits per heavy atom. The predicted molar refractivity (Wildman–Crippen MR) is 70.9 cm³/mol. The van der Waals surface area contributed by atoms with Crippen molar-refractivity contribution in [2.24, 2.45) is 11.7 Å². The highest BCUT2D eigenvalue weighted by Gasteiger charge is 2.36. The van der Waals surface area contributed by atoms with Gasteiger partial charge in [-0.05, 0) is 46.0 Å². The molecular weight excluding hydrogens is 270 g/mol. The molecule has 0 bridgehead atoms. The van der Waals surface area contributed by atoms with Gasteiger partial charge in [-0.1, -0.05) is 0 Å². The molecule has 1 aliphatic rings. The number of carbonyl (C=O) groups excluding carboxylic acids is 1. The van der Waals surface area contributed by atoms with Crippen molar-refractivity contribution in [3.8, 4) is 0 Å². The third-order valence-electron chi connectivity index (χ3n) is 2.92. The van der Waals surface area contributed by atoms with Crippen LogP contribution in [0.3, 0.4) is 0 Å². The second kappa shape index (κ2) is 5.76. The SMILES string of the molecule is CC(C)(C)OC(=O)C(N)C1CCC(OS(C)(=O)=O)C1. The monoisotopic (exact) mass is 293 g/mol. The molecular formula is C12H23NO5S. The summed E-state index contributed by atoms with van der Waals surface area (Å²) in [4.78, 5) is 11.8. The normalized spacial score (nSPS) is 26.2. The number of rotatable bonds is 4. The average molecular weight is 293 g/mol. The molecule has 0 amide bonds. The van der Waals surface area contributed by atoms with Gasteiger partial charge >= 0.3 is 5.97 Å². The minimum Gasteiger partial charge on any atom is -0.459 e. The summed E-state index contributed by atoms with van der Waals surface area (Å²) in [6.07, 6.45) is 2.37. The number of carbonyl (C=O) groups is 1. The Labute approximate surface area is 114 Å². The Morgan fingerprint density at radius 1 is 1.32 bits per heavy atom. The molecule has 0 spiro atoms. The molecule has 1 aliphatic carbocycles. The van der Waals surface area contributed by atoms with Gasteiger partial charge in [-0.3, -0.25) is 8.98 Å². The van der Waals surface area contributed by atoms with Gasteiger partial charge in [0.1, 0.15) is 11.6 Å². The van der Waals surface area contributed by atoms with E-state index in [1.165, 1.54) is 0 Å². The highest BCUT2D eigenvalue weighted by molar-refractivity contribution is 7.86. The summed E-state index contributed by atoms with van der Waals surface area (Å²) in [5.74, 6) is -0.542. The zero-order valence-electron chi connectivity index (χ0n) is 11.9. The first-order valence-corrected chi connectivity index (χ1v) is 8.16. The topological polar surface area (TPSA) is 95.7 Å². The van der Waals surface area contributed by atoms with Crippen LogP contribution >= 0.6 is 0 Å². The van der Waals surface area contributed by atoms with E-state index in [2.05, 4.69) is 0 Å². The minimum absolute atomic E-state index is 0.0957. The lowest BCUT2D eigenvalue weighted by atomic mass is 9.99. The van der Waals surface area contributed by atoms with E-state index in [0.29, 0.717) is 19.3 Å². The molecule has 0 saturated heterocycles. The Morgan fingerprint density at radius 2 is 1.89 bits per heavy atom. The van der Waals surface area contributed by atoms with Gasteiger partial charge in [0, 0.05) is 0 Å². The molecule has 3 unspecified atom stereocenters. The summed E-state index contributed by atoms with van der Waals surface area (Å²) in [6.45, 7) is 5.34. The highest BCUT2D eigenvalue weighted by atomic mass is 32.2. The van der Waals surface area contributed by atoms with E-state index in [1.54, 1.807) is 20.8 Å². The third-order valence-corrected chi connectivity index (χ3v) is 3.54. The molecule has 6 nitrogen and oxygen atoms in total. The van der Waals surface area contributed by atoms with Gasteiger partial charge in [0.05, 0.1) is 12.4 Å². The maximum Gasteiger partial charge on any atom is 0.323 e. The van der Waals surface area contributed by atoms with Gasteiger partial charge in [-0.2, -0.15) is 8.42 Å². The molecule has 0 aromatic rings. The van der Waals surface area contributed by atoms with Crippen LogP contribution in [-0.2, 0) is 23.8 Å². The molecule has 1 rings (SSSR count). The summed E-state index contributed by atoms with van der Waals surface area (Å²) in [7, 11) is -3.46. The maximum atomic E-state index is 11.8. The second-order valence-electron chi connectivity index (χ2n) is 6.05. The molecule has 1 saturated carbocycles. The van der Waals surface area contributed by atoms with Crippen LogP contribution in [0.25, 0.3) is 0 Å². The van der Waals surface area contributed by atoms with Crippen LogP contribution < -0.4 is 5.73 Å². The molecule has 3 atom stereocenters. The van der Waals surface area contributed by atoms with E-state index >= 15 is 0 Å². The molecule has 1 fully saturated rings. The quantitative estimate of drug-likeness (QED) is 0.608. The van der Waals surface area contributed by atoms with Crippen molar-refractivity contribution in [2.75, 3.05) is 6.26 Å². The fourth-order valence-corrected chi connectivity index (χ4v) is 2.87. The smallest absolute Gasteiger partial charge is 0.323 e. The Hall–Kier alpha value is -0.660. The number of nitrogens with two attached hydrogens (primary N) is 1. The van der Waals surface area contributed by atoms with Crippen LogP contribution in [0.4, 0.5) is 0 Å². The molecule has 0 aromatic heterocycles. The second-order valence-corrected chi connectivity index (χ2v) is 7.66. The number of hydrogen-bond donors (Lipinski definition) is 1. The summed E-state index contributed by atoms with van der Waals surface area (Å²) in [6, 6.07) is -0.729. The molecule has 7 heteroatoms. The van der Waals surface area contributed by atoms with Crippen LogP contribution in [0.5, 0.6) is 0 Å². The van der Waals surface area contributed by atoms with E-state index < -0.39 is 27.7 Å². The fraction of sp³-hybridized carbons (Fsp3) is 0.917. The van der Waals surface area contributed by atoms with Crippen LogP contribution in [-0.4, -0.2) is 38.4 Å². The number of esters is 1. The average Bonchev–Trinajstić information content (AvgIpc) is 2.59. The van der Waals surface area contributed by atoms with Crippen LogP contribution in [0.15, 0.2) is 0 Å². The van der Waals surface area contributed by atoms with Gasteiger partial charge in [-0.15, -0.1) is 0 Å². The summed E-state index contributed by atoms with van der Waals surface area (Å²) >= 11 is 0. The van der Waals surface area contributed by atoms with Crippen LogP contribution in [0, 0.1) is 5.92 Å². The van der Waals surface area contributed by atoms with E-state index in [9.17, 15) is 13.2 Å². The molecule has 0 radical (unpaired) electrons. The van der Waals surface area contributed by atoms with Gasteiger partial charge in [0.2, 0.25) is 0 Å². The van der Waals surface area contributed by atoms with E-state index in [-0.39, 0.29) is 12.0 Å². The number of hydrogen-bond acceptors (Lipinski definition) is 6. The Bertz CT molecular complexity index is 426. The van der Waals surface area contributed by atoms with Crippen LogP contribution in [0.2, 0.25) is 0 Å². The van der Waals surface area contributed by atoms with Gasteiger partial charge in [0.25, 0.3) is 10.1 Å². The lowest BCUT2D eigenvalue weighted by Gasteiger charge is -2.24. The Balaban J connectivity index is 2.52. The largest absolute Gasteiger partial charge is 0.459 e. The Kier molecular flexibility index (Phi) is 4.97. The molecule has 2 N–H and O–H groups in total. The van der Waals surface area contributed by atoms with Crippen molar-refractivity contribution in [3.63, 3.8) is 0 Å². The summed E-state index contributed by atoms with van der Waals surface area (Å²) in [5.41, 5.74) is 5.30. The number of ether oxygens (including phenoxy) is 1. The first-order valence-electron chi connectivity index (χ1n) is 6.34. The molecule has 0 heterocycles. The fourth-order valence-electron chi connectivity index (χ4n) is 2.20. The van der Waals surface area contributed by atoms with Gasteiger partial charge in [0.15, 0.2) is 0 Å². The predicted octanol–water partition coefficient (Wildman–Crippen LogP) is 0.800. The first kappa shape index (κ1) is 16.4. The van der Waals surface area contributed by atoms with Crippen molar-refractivity contribution < 1.29 is 22.1 Å². The van der Waals surface area contributed by atoms with E-state index in [4.69, 9.17) is 14.7 Å². The third kappa shape index (κ3) is 5.88. The lowest BCUT2D eigenvalue weighted by Crippen LogP contribution is -2.42. The van der Waals surface area contributed by atoms with Crippen LogP contribution in [0.1, 0.15) is 40.0 Å². The maximum absolute atomic E-state index is 11.8. The minimum atomic E-state index is -3.46. The molecule has 0 aliphatic heterocycles. The van der Waals surface area contributed by atoms with Gasteiger partial charge in [-0.25, -0.2) is 0 Å². The lowest BCUT2D eigenvalue weighted by molar-refractivity contribution is -0.157. The summed E-state index contributed by atoms with van der Waals surface area (Å²) in [5, 5.41) is 0. The van der Waals surface area contributed by atoms with Gasteiger partial charge < -0.3 is 10.5 Å². The zero-order valence-corrected chi connectivity index (χ0v) is 12.7. The standard InChI is InChI=1S/C12H23NO5S/c1-12(2,3)17-11(14)10(13)8-5-6-9(7-8)18-19(4,15)16/h8-10H,5-7,13H2,1-4H3. The molecule has 0 aromatic carbocycles. The van der Waals surface area contributed by atoms with Crippen molar-refractivity contribution in [1.82, 2.24) is 0 Å². The highest BCUT2D eigenvalue weighted by Crippen LogP contribution is 2.31. The van der Waals surface area contributed by atoms with Crippen molar-refractivity contribution in [1.29, 1.82) is 0 Å². The van der Waals surface area contributed by atoms with E-state index in [1.807, 2.05) is 0 Å². The molecule has 112 valence electrons. The zero-order chi connectivity index (χ0) is 14.8. The van der Waals surface area contributed by atoms with E-state index in [0.717, 1.165) is 6.26 Å².